The minimum Gasteiger partial charge on any atom is -0.342 e. The van der Waals surface area contributed by atoms with Crippen molar-refractivity contribution < 1.29 is 4.79 Å². The summed E-state index contributed by atoms with van der Waals surface area (Å²) in [6, 6.07) is 0.595. The lowest BCUT2D eigenvalue weighted by Crippen LogP contribution is -2.35. The van der Waals surface area contributed by atoms with Gasteiger partial charge in [-0.25, -0.2) is 0 Å². The van der Waals surface area contributed by atoms with E-state index in [1.165, 1.54) is 44.9 Å². The molecule has 1 saturated heterocycles. The van der Waals surface area contributed by atoms with Gasteiger partial charge < -0.3 is 4.90 Å². The van der Waals surface area contributed by atoms with Gasteiger partial charge in [-0.3, -0.25) is 4.79 Å². The van der Waals surface area contributed by atoms with E-state index in [0.29, 0.717) is 6.04 Å². The molecule has 0 aromatic carbocycles. The minimum atomic E-state index is 0.595. The molecule has 2 heteroatoms. The lowest BCUT2D eigenvalue weighted by atomic mass is 9.83. The van der Waals surface area contributed by atoms with E-state index in [0.717, 1.165) is 18.9 Å². The molecule has 1 aliphatic heterocycles. The lowest BCUT2D eigenvalue weighted by Gasteiger charge is -2.31. The summed E-state index contributed by atoms with van der Waals surface area (Å²) >= 11 is 0. The number of carbonyl (C=O) groups excluding carboxylic acids is 1. The third-order valence-corrected chi connectivity index (χ3v) is 3.67. The van der Waals surface area contributed by atoms with Crippen LogP contribution in [0.2, 0.25) is 0 Å². The largest absolute Gasteiger partial charge is 0.342 e. The standard InChI is InChI=1S/C11H19NO/c13-9-12-8-4-7-11(12)10-5-2-1-3-6-10/h9-11H,1-8H2. The van der Waals surface area contributed by atoms with Gasteiger partial charge in [-0.1, -0.05) is 19.3 Å². The first-order chi connectivity index (χ1) is 6.42. The van der Waals surface area contributed by atoms with Crippen molar-refractivity contribution in [3.63, 3.8) is 0 Å². The molecule has 13 heavy (non-hydrogen) atoms. The van der Waals surface area contributed by atoms with Crippen molar-refractivity contribution in [2.24, 2.45) is 5.92 Å². The Hall–Kier alpha value is -0.530. The van der Waals surface area contributed by atoms with Gasteiger partial charge in [-0.15, -0.1) is 0 Å². The van der Waals surface area contributed by atoms with Crippen LogP contribution in [0.1, 0.15) is 44.9 Å². The van der Waals surface area contributed by atoms with E-state index in [1.54, 1.807) is 0 Å². The monoisotopic (exact) mass is 181 g/mol. The summed E-state index contributed by atoms with van der Waals surface area (Å²) < 4.78 is 0. The highest BCUT2D eigenvalue weighted by Crippen LogP contribution is 2.33. The number of nitrogens with zero attached hydrogens (tertiary/aromatic N) is 1. The van der Waals surface area contributed by atoms with Crippen molar-refractivity contribution in [3.8, 4) is 0 Å². The normalized spacial score (nSPS) is 30.8. The van der Waals surface area contributed by atoms with Gasteiger partial charge in [-0.05, 0) is 31.6 Å². The van der Waals surface area contributed by atoms with Crippen LogP contribution < -0.4 is 0 Å². The van der Waals surface area contributed by atoms with Gasteiger partial charge in [0, 0.05) is 12.6 Å². The molecule has 2 nitrogen and oxygen atoms in total. The average molecular weight is 181 g/mol. The van der Waals surface area contributed by atoms with E-state index in [4.69, 9.17) is 0 Å². The number of likely N-dealkylation sites (tertiary alicyclic amines) is 1. The van der Waals surface area contributed by atoms with Crippen molar-refractivity contribution >= 4 is 6.41 Å². The van der Waals surface area contributed by atoms with E-state index in [9.17, 15) is 4.79 Å². The second-order valence-electron chi connectivity index (χ2n) is 4.45. The first-order valence-electron chi connectivity index (χ1n) is 5.63. The summed E-state index contributed by atoms with van der Waals surface area (Å²) in [5, 5.41) is 0. The third kappa shape index (κ3) is 1.87. The van der Waals surface area contributed by atoms with Crippen molar-refractivity contribution in [1.29, 1.82) is 0 Å². The smallest absolute Gasteiger partial charge is 0.209 e. The Bertz CT molecular complexity index is 175. The topological polar surface area (TPSA) is 20.3 Å². The van der Waals surface area contributed by atoms with Crippen molar-refractivity contribution in [2.75, 3.05) is 6.54 Å². The molecule has 1 heterocycles. The average Bonchev–Trinajstić information content (AvgIpc) is 2.67. The fourth-order valence-corrected chi connectivity index (χ4v) is 2.97. The molecule has 0 spiro atoms. The maximum Gasteiger partial charge on any atom is 0.209 e. The van der Waals surface area contributed by atoms with Crippen LogP contribution in [0.25, 0.3) is 0 Å². The molecule has 0 aromatic heterocycles. The Balaban J connectivity index is 1.93. The van der Waals surface area contributed by atoms with Crippen molar-refractivity contribution in [2.45, 2.75) is 51.0 Å². The molecule has 0 radical (unpaired) electrons. The molecule has 1 amide bonds. The summed E-state index contributed by atoms with van der Waals surface area (Å²) in [7, 11) is 0. The van der Waals surface area contributed by atoms with Gasteiger partial charge >= 0.3 is 0 Å². The minimum absolute atomic E-state index is 0.595. The molecule has 1 saturated carbocycles. The maximum absolute atomic E-state index is 10.8. The zero-order chi connectivity index (χ0) is 9.10. The lowest BCUT2D eigenvalue weighted by molar-refractivity contribution is -0.119. The van der Waals surface area contributed by atoms with E-state index in [-0.39, 0.29) is 0 Å². The predicted molar refractivity (Wildman–Crippen MR) is 52.4 cm³/mol. The summed E-state index contributed by atoms with van der Waals surface area (Å²) in [5.41, 5.74) is 0. The fraction of sp³-hybridized carbons (Fsp3) is 0.909. The predicted octanol–water partition coefficient (Wildman–Crippen LogP) is 2.19. The number of hydrogen-bond donors (Lipinski definition) is 0. The Kier molecular flexibility index (Phi) is 2.87. The van der Waals surface area contributed by atoms with E-state index in [1.807, 2.05) is 4.90 Å². The third-order valence-electron chi connectivity index (χ3n) is 3.67. The van der Waals surface area contributed by atoms with Gasteiger partial charge in [0.1, 0.15) is 0 Å². The molecule has 0 N–H and O–H groups in total. The van der Waals surface area contributed by atoms with Crippen LogP contribution in [0, 0.1) is 5.92 Å². The first-order valence-corrected chi connectivity index (χ1v) is 5.63. The van der Waals surface area contributed by atoms with E-state index >= 15 is 0 Å². The summed E-state index contributed by atoms with van der Waals surface area (Å²) in [6.45, 7) is 1.00. The molecule has 0 bridgehead atoms. The molecular weight excluding hydrogens is 162 g/mol. The molecule has 2 fully saturated rings. The van der Waals surface area contributed by atoms with Crippen LogP contribution in [-0.4, -0.2) is 23.9 Å². The quantitative estimate of drug-likeness (QED) is 0.598. The van der Waals surface area contributed by atoms with Crippen LogP contribution in [0.5, 0.6) is 0 Å². The van der Waals surface area contributed by atoms with Gasteiger partial charge in [0.25, 0.3) is 0 Å². The Morgan fingerprint density at radius 1 is 1.00 bits per heavy atom. The highest BCUT2D eigenvalue weighted by molar-refractivity contribution is 5.48. The van der Waals surface area contributed by atoms with Crippen LogP contribution in [0.15, 0.2) is 0 Å². The van der Waals surface area contributed by atoms with E-state index in [2.05, 4.69) is 0 Å². The van der Waals surface area contributed by atoms with E-state index < -0.39 is 0 Å². The highest BCUT2D eigenvalue weighted by Gasteiger charge is 2.31. The van der Waals surface area contributed by atoms with Crippen LogP contribution in [-0.2, 0) is 4.79 Å². The second-order valence-corrected chi connectivity index (χ2v) is 4.45. The van der Waals surface area contributed by atoms with Gasteiger partial charge in [0.05, 0.1) is 0 Å². The molecule has 2 rings (SSSR count). The van der Waals surface area contributed by atoms with Crippen molar-refractivity contribution in [3.05, 3.63) is 0 Å². The van der Waals surface area contributed by atoms with Crippen molar-refractivity contribution in [1.82, 2.24) is 4.90 Å². The first kappa shape index (κ1) is 9.04. The Morgan fingerprint density at radius 3 is 2.46 bits per heavy atom. The maximum atomic E-state index is 10.8. The van der Waals surface area contributed by atoms with Gasteiger partial charge in [0.15, 0.2) is 0 Å². The Morgan fingerprint density at radius 2 is 1.77 bits per heavy atom. The number of amides is 1. The zero-order valence-corrected chi connectivity index (χ0v) is 8.24. The molecular formula is C11H19NO. The van der Waals surface area contributed by atoms with Crippen LogP contribution >= 0.6 is 0 Å². The van der Waals surface area contributed by atoms with Gasteiger partial charge in [0.2, 0.25) is 6.41 Å². The number of hydrogen-bond acceptors (Lipinski definition) is 1. The number of rotatable bonds is 2. The SMILES string of the molecule is O=CN1CCCC1C1CCCCC1. The fourth-order valence-electron chi connectivity index (χ4n) is 2.97. The molecule has 74 valence electrons. The zero-order valence-electron chi connectivity index (χ0n) is 8.24. The number of carbonyl (C=O) groups is 1. The van der Waals surface area contributed by atoms with Crippen LogP contribution in [0.4, 0.5) is 0 Å². The molecule has 1 aliphatic carbocycles. The van der Waals surface area contributed by atoms with Crippen LogP contribution in [0.3, 0.4) is 0 Å². The summed E-state index contributed by atoms with van der Waals surface area (Å²) in [4.78, 5) is 12.8. The molecule has 1 unspecified atom stereocenters. The van der Waals surface area contributed by atoms with Gasteiger partial charge in [-0.2, -0.15) is 0 Å². The molecule has 1 atom stereocenters. The Labute approximate surface area is 80.3 Å². The second kappa shape index (κ2) is 4.12. The highest BCUT2D eigenvalue weighted by atomic mass is 16.1. The molecule has 0 aromatic rings. The summed E-state index contributed by atoms with van der Waals surface area (Å²) in [5.74, 6) is 0.821. The summed E-state index contributed by atoms with van der Waals surface area (Å²) in [6.07, 6.45) is 10.4. The molecule has 2 aliphatic rings.